The van der Waals surface area contributed by atoms with Gasteiger partial charge in [-0.1, -0.05) is 13.8 Å². The fourth-order valence-corrected chi connectivity index (χ4v) is 3.15. The summed E-state index contributed by atoms with van der Waals surface area (Å²) < 4.78 is 44.2. The van der Waals surface area contributed by atoms with E-state index in [9.17, 15) is 17.6 Å². The largest absolute Gasteiger partial charge is 0.495 e. The number of rotatable bonds is 8. The number of sulfonamides is 1. The zero-order valence-electron chi connectivity index (χ0n) is 13.8. The first-order chi connectivity index (χ1) is 10.7. The van der Waals surface area contributed by atoms with E-state index >= 15 is 0 Å². The number of benzene rings is 1. The summed E-state index contributed by atoms with van der Waals surface area (Å²) in [5.74, 6) is -0.641. The van der Waals surface area contributed by atoms with E-state index in [-0.39, 0.29) is 17.2 Å². The topological polar surface area (TPSA) is 75.7 Å². The molecule has 0 spiro atoms. The van der Waals surface area contributed by atoms with Crippen molar-refractivity contribution in [1.29, 1.82) is 0 Å². The Balaban J connectivity index is 2.84. The maximum atomic E-state index is 13.4. The number of nitrogens with zero attached hydrogens (tertiary/aromatic N) is 1. The monoisotopic (exact) mass is 346 g/mol. The number of ether oxygens (including phenoxy) is 1. The normalized spacial score (nSPS) is 11.8. The molecule has 0 bridgehead atoms. The molecule has 1 amide bonds. The van der Waals surface area contributed by atoms with E-state index in [2.05, 4.69) is 5.32 Å². The van der Waals surface area contributed by atoms with Crippen LogP contribution in [0.4, 0.5) is 4.39 Å². The van der Waals surface area contributed by atoms with Crippen LogP contribution in [-0.4, -0.2) is 45.9 Å². The third kappa shape index (κ3) is 5.47. The van der Waals surface area contributed by atoms with Crippen LogP contribution in [0.3, 0.4) is 0 Å². The number of likely N-dealkylation sites (N-methyl/N-ethyl adjacent to an activating group) is 1. The van der Waals surface area contributed by atoms with Gasteiger partial charge in [0.2, 0.25) is 15.9 Å². The molecule has 6 nitrogen and oxygen atoms in total. The second kappa shape index (κ2) is 8.26. The molecule has 0 heterocycles. The Morgan fingerprint density at radius 3 is 2.61 bits per heavy atom. The third-order valence-corrected chi connectivity index (χ3v) is 5.05. The van der Waals surface area contributed by atoms with E-state index in [0.717, 1.165) is 22.9 Å². The van der Waals surface area contributed by atoms with Crippen molar-refractivity contribution in [2.75, 3.05) is 27.2 Å². The summed E-state index contributed by atoms with van der Waals surface area (Å²) in [6.45, 7) is 4.19. The second-order valence-electron chi connectivity index (χ2n) is 5.59. The molecular weight excluding hydrogens is 323 g/mol. The molecule has 0 aromatic heterocycles. The minimum atomic E-state index is -4.03. The maximum absolute atomic E-state index is 13.4. The van der Waals surface area contributed by atoms with Crippen LogP contribution in [-0.2, 0) is 14.8 Å². The Bertz CT molecular complexity index is 647. The van der Waals surface area contributed by atoms with Gasteiger partial charge in [0.25, 0.3) is 0 Å². The number of halogens is 1. The first kappa shape index (κ1) is 19.4. The summed E-state index contributed by atoms with van der Waals surface area (Å²) in [5.41, 5.74) is 0. The van der Waals surface area contributed by atoms with E-state index in [1.165, 1.54) is 20.2 Å². The van der Waals surface area contributed by atoms with Crippen LogP contribution in [0, 0.1) is 11.7 Å². The molecule has 0 saturated carbocycles. The molecule has 130 valence electrons. The van der Waals surface area contributed by atoms with Gasteiger partial charge in [-0.05, 0) is 30.5 Å². The quantitative estimate of drug-likeness (QED) is 0.776. The first-order valence-corrected chi connectivity index (χ1v) is 8.69. The first-order valence-electron chi connectivity index (χ1n) is 7.25. The highest BCUT2D eigenvalue weighted by Crippen LogP contribution is 2.26. The Morgan fingerprint density at radius 1 is 1.39 bits per heavy atom. The molecule has 23 heavy (non-hydrogen) atoms. The number of hydrogen-bond acceptors (Lipinski definition) is 4. The van der Waals surface area contributed by atoms with Gasteiger partial charge in [-0.15, -0.1) is 0 Å². The Labute approximate surface area is 136 Å². The molecular formula is C15H23FN2O4S. The molecule has 0 atom stereocenters. The van der Waals surface area contributed by atoms with Gasteiger partial charge in [0.1, 0.15) is 16.5 Å². The SMILES string of the molecule is COc1ccc(F)cc1S(=O)(=O)N(C)CC(=O)NCCC(C)C. The van der Waals surface area contributed by atoms with Crippen LogP contribution < -0.4 is 10.1 Å². The molecule has 0 aliphatic carbocycles. The summed E-state index contributed by atoms with van der Waals surface area (Å²) in [6, 6.07) is 3.22. The molecule has 0 radical (unpaired) electrons. The highest BCUT2D eigenvalue weighted by atomic mass is 32.2. The van der Waals surface area contributed by atoms with Crippen molar-refractivity contribution in [2.45, 2.75) is 25.2 Å². The van der Waals surface area contributed by atoms with Gasteiger partial charge in [0.05, 0.1) is 13.7 Å². The van der Waals surface area contributed by atoms with Crippen molar-refractivity contribution >= 4 is 15.9 Å². The zero-order valence-corrected chi connectivity index (χ0v) is 14.6. The van der Waals surface area contributed by atoms with Crippen molar-refractivity contribution in [3.8, 4) is 5.75 Å². The highest BCUT2D eigenvalue weighted by Gasteiger charge is 2.27. The standard InChI is InChI=1S/C15H23FN2O4S/c1-11(2)7-8-17-15(19)10-18(3)23(20,21)14-9-12(16)5-6-13(14)22-4/h5-6,9,11H,7-8,10H2,1-4H3,(H,17,19). The van der Waals surface area contributed by atoms with Crippen molar-refractivity contribution in [3.05, 3.63) is 24.0 Å². The van der Waals surface area contributed by atoms with Gasteiger partial charge in [0.15, 0.2) is 0 Å². The predicted octanol–water partition coefficient (Wildman–Crippen LogP) is 1.62. The minimum Gasteiger partial charge on any atom is -0.495 e. The zero-order chi connectivity index (χ0) is 17.6. The lowest BCUT2D eigenvalue weighted by Crippen LogP contribution is -2.39. The predicted molar refractivity (Wildman–Crippen MR) is 85.2 cm³/mol. The lowest BCUT2D eigenvalue weighted by Gasteiger charge is -2.18. The summed E-state index contributed by atoms with van der Waals surface area (Å²) >= 11 is 0. The summed E-state index contributed by atoms with van der Waals surface area (Å²) in [4.78, 5) is 11.5. The van der Waals surface area contributed by atoms with Gasteiger partial charge < -0.3 is 10.1 Å². The molecule has 1 N–H and O–H groups in total. The van der Waals surface area contributed by atoms with E-state index < -0.39 is 21.7 Å². The van der Waals surface area contributed by atoms with Crippen molar-refractivity contribution in [3.63, 3.8) is 0 Å². The lowest BCUT2D eigenvalue weighted by atomic mass is 10.1. The van der Waals surface area contributed by atoms with Crippen molar-refractivity contribution < 1.29 is 22.3 Å². The number of hydrogen-bond donors (Lipinski definition) is 1. The lowest BCUT2D eigenvalue weighted by molar-refractivity contribution is -0.121. The molecule has 0 unspecified atom stereocenters. The van der Waals surface area contributed by atoms with Crippen LogP contribution in [0.2, 0.25) is 0 Å². The van der Waals surface area contributed by atoms with Crippen molar-refractivity contribution in [2.24, 2.45) is 5.92 Å². The molecule has 1 rings (SSSR count). The minimum absolute atomic E-state index is 0.0264. The smallest absolute Gasteiger partial charge is 0.247 e. The Morgan fingerprint density at radius 2 is 2.04 bits per heavy atom. The van der Waals surface area contributed by atoms with E-state index in [1.54, 1.807) is 0 Å². The summed E-state index contributed by atoms with van der Waals surface area (Å²) in [6.07, 6.45) is 0.805. The fraction of sp³-hybridized carbons (Fsp3) is 0.533. The highest BCUT2D eigenvalue weighted by molar-refractivity contribution is 7.89. The fourth-order valence-electron chi connectivity index (χ4n) is 1.86. The van der Waals surface area contributed by atoms with Crippen LogP contribution in [0.15, 0.2) is 23.1 Å². The van der Waals surface area contributed by atoms with Gasteiger partial charge in [0, 0.05) is 13.6 Å². The molecule has 0 aliphatic heterocycles. The van der Waals surface area contributed by atoms with Crippen molar-refractivity contribution in [1.82, 2.24) is 9.62 Å². The van der Waals surface area contributed by atoms with Crippen LogP contribution in [0.25, 0.3) is 0 Å². The van der Waals surface area contributed by atoms with Crippen LogP contribution >= 0.6 is 0 Å². The summed E-state index contributed by atoms with van der Waals surface area (Å²) in [7, 11) is -1.47. The number of nitrogens with one attached hydrogen (secondary N) is 1. The van der Waals surface area contributed by atoms with Crippen LogP contribution in [0.5, 0.6) is 5.75 Å². The van der Waals surface area contributed by atoms with E-state index in [1.807, 2.05) is 13.8 Å². The third-order valence-electron chi connectivity index (χ3n) is 3.22. The molecule has 0 saturated heterocycles. The number of amides is 1. The maximum Gasteiger partial charge on any atom is 0.247 e. The molecule has 8 heteroatoms. The van der Waals surface area contributed by atoms with Gasteiger partial charge in [-0.3, -0.25) is 4.79 Å². The molecule has 0 aliphatic rings. The van der Waals surface area contributed by atoms with Gasteiger partial charge >= 0.3 is 0 Å². The number of methoxy groups -OCH3 is 1. The average Bonchev–Trinajstić information content (AvgIpc) is 2.46. The molecule has 1 aromatic rings. The average molecular weight is 346 g/mol. The van der Waals surface area contributed by atoms with Gasteiger partial charge in [-0.2, -0.15) is 4.31 Å². The number of carbonyl (C=O) groups excluding carboxylic acids is 1. The van der Waals surface area contributed by atoms with Gasteiger partial charge in [-0.25, -0.2) is 12.8 Å². The summed E-state index contributed by atoms with van der Waals surface area (Å²) in [5, 5.41) is 2.66. The number of carbonyl (C=O) groups is 1. The Kier molecular flexibility index (Phi) is 6.96. The Hall–Kier alpha value is -1.67. The van der Waals surface area contributed by atoms with E-state index in [4.69, 9.17) is 4.74 Å². The van der Waals surface area contributed by atoms with E-state index in [0.29, 0.717) is 12.5 Å². The molecule has 1 aromatic carbocycles. The second-order valence-corrected chi connectivity index (χ2v) is 7.60. The van der Waals surface area contributed by atoms with Crippen LogP contribution in [0.1, 0.15) is 20.3 Å². The molecule has 0 fully saturated rings.